The van der Waals surface area contributed by atoms with Gasteiger partial charge in [-0.25, -0.2) is 0 Å². The Morgan fingerprint density at radius 2 is 2.00 bits per heavy atom. The fraction of sp³-hybridized carbons (Fsp3) is 0.471. The van der Waals surface area contributed by atoms with Gasteiger partial charge in [-0.15, -0.1) is 0 Å². The smallest absolute Gasteiger partial charge is 0.0659 e. The van der Waals surface area contributed by atoms with Crippen LogP contribution < -0.4 is 5.73 Å². The van der Waals surface area contributed by atoms with Crippen molar-refractivity contribution in [3.05, 3.63) is 53.9 Å². The van der Waals surface area contributed by atoms with E-state index in [1.54, 1.807) is 0 Å². The highest BCUT2D eigenvalue weighted by molar-refractivity contribution is 5.15. The molecular formula is C17H24N4. The summed E-state index contributed by atoms with van der Waals surface area (Å²) in [6, 6.07) is 10.4. The van der Waals surface area contributed by atoms with Gasteiger partial charge in [-0.1, -0.05) is 37.3 Å². The van der Waals surface area contributed by atoms with Gasteiger partial charge in [0.05, 0.1) is 12.7 Å². The van der Waals surface area contributed by atoms with E-state index in [9.17, 15) is 0 Å². The van der Waals surface area contributed by atoms with Crippen LogP contribution in [0.3, 0.4) is 0 Å². The summed E-state index contributed by atoms with van der Waals surface area (Å²) in [6.07, 6.45) is 5.34. The first kappa shape index (κ1) is 14.3. The molecule has 1 unspecified atom stereocenters. The summed E-state index contributed by atoms with van der Waals surface area (Å²) in [7, 11) is 0. The summed E-state index contributed by atoms with van der Waals surface area (Å²) in [4.78, 5) is 2.48. The molecule has 2 heterocycles. The number of likely N-dealkylation sites (tertiary alicyclic amines) is 1. The number of nitrogens with two attached hydrogens (primary N) is 1. The van der Waals surface area contributed by atoms with Crippen molar-refractivity contribution in [2.75, 3.05) is 19.6 Å². The monoisotopic (exact) mass is 284 g/mol. The Hall–Kier alpha value is -1.65. The van der Waals surface area contributed by atoms with Gasteiger partial charge in [0.1, 0.15) is 0 Å². The zero-order chi connectivity index (χ0) is 14.7. The van der Waals surface area contributed by atoms with Crippen LogP contribution in [-0.4, -0.2) is 34.3 Å². The largest absolute Gasteiger partial charge is 0.330 e. The SMILES string of the molecule is CC1(CN)CCN(Cc2cnn(Cc3ccccc3)c2)C1. The lowest BCUT2D eigenvalue weighted by atomic mass is 9.90. The van der Waals surface area contributed by atoms with Gasteiger partial charge in [0.15, 0.2) is 0 Å². The minimum Gasteiger partial charge on any atom is -0.330 e. The van der Waals surface area contributed by atoms with Crippen LogP contribution in [0.15, 0.2) is 42.7 Å². The van der Waals surface area contributed by atoms with Crippen molar-refractivity contribution >= 4 is 0 Å². The van der Waals surface area contributed by atoms with Crippen LogP contribution >= 0.6 is 0 Å². The quantitative estimate of drug-likeness (QED) is 0.914. The van der Waals surface area contributed by atoms with Crippen LogP contribution in [0.5, 0.6) is 0 Å². The van der Waals surface area contributed by atoms with E-state index in [1.165, 1.54) is 17.5 Å². The van der Waals surface area contributed by atoms with E-state index < -0.39 is 0 Å². The molecule has 1 aromatic heterocycles. The van der Waals surface area contributed by atoms with E-state index >= 15 is 0 Å². The van der Waals surface area contributed by atoms with Gasteiger partial charge >= 0.3 is 0 Å². The molecule has 112 valence electrons. The van der Waals surface area contributed by atoms with Gasteiger partial charge in [0, 0.05) is 24.8 Å². The summed E-state index contributed by atoms with van der Waals surface area (Å²) < 4.78 is 2.02. The fourth-order valence-electron chi connectivity index (χ4n) is 3.03. The molecular weight excluding hydrogens is 260 g/mol. The predicted molar refractivity (Wildman–Crippen MR) is 84.8 cm³/mol. The summed E-state index contributed by atoms with van der Waals surface area (Å²) >= 11 is 0. The second-order valence-corrected chi connectivity index (χ2v) is 6.51. The molecule has 4 heteroatoms. The van der Waals surface area contributed by atoms with Gasteiger partial charge in [-0.05, 0) is 30.5 Å². The first-order chi connectivity index (χ1) is 10.2. The van der Waals surface area contributed by atoms with Gasteiger partial charge in [0.2, 0.25) is 0 Å². The first-order valence-electron chi connectivity index (χ1n) is 7.65. The number of benzene rings is 1. The lowest BCUT2D eigenvalue weighted by Gasteiger charge is -2.22. The maximum atomic E-state index is 5.87. The van der Waals surface area contributed by atoms with Gasteiger partial charge in [-0.2, -0.15) is 5.10 Å². The lowest BCUT2D eigenvalue weighted by Crippen LogP contribution is -2.31. The van der Waals surface area contributed by atoms with Crippen molar-refractivity contribution in [3.8, 4) is 0 Å². The Labute approximate surface area is 126 Å². The molecule has 2 N–H and O–H groups in total. The molecule has 1 aromatic carbocycles. The van der Waals surface area contributed by atoms with Crippen LogP contribution in [0.2, 0.25) is 0 Å². The van der Waals surface area contributed by atoms with Crippen molar-refractivity contribution in [3.63, 3.8) is 0 Å². The Morgan fingerprint density at radius 1 is 1.19 bits per heavy atom. The highest BCUT2D eigenvalue weighted by Crippen LogP contribution is 2.29. The van der Waals surface area contributed by atoms with Crippen LogP contribution in [0.25, 0.3) is 0 Å². The minimum absolute atomic E-state index is 0.292. The lowest BCUT2D eigenvalue weighted by molar-refractivity contribution is 0.274. The molecule has 1 fully saturated rings. The van der Waals surface area contributed by atoms with Crippen molar-refractivity contribution in [2.45, 2.75) is 26.4 Å². The molecule has 0 radical (unpaired) electrons. The second kappa shape index (κ2) is 6.00. The summed E-state index contributed by atoms with van der Waals surface area (Å²) in [5, 5.41) is 4.48. The summed E-state index contributed by atoms with van der Waals surface area (Å²) in [5.41, 5.74) is 8.73. The standard InChI is InChI=1S/C17H24N4/c1-17(13-18)7-8-20(14-17)10-16-9-19-21(12-16)11-15-5-3-2-4-6-15/h2-6,9,12H,7-8,10-11,13-14,18H2,1H3. The van der Waals surface area contributed by atoms with E-state index in [1.807, 2.05) is 16.9 Å². The maximum Gasteiger partial charge on any atom is 0.0659 e. The van der Waals surface area contributed by atoms with E-state index in [0.717, 1.165) is 32.7 Å². The number of hydrogen-bond donors (Lipinski definition) is 1. The Kier molecular flexibility index (Phi) is 4.08. The van der Waals surface area contributed by atoms with Crippen LogP contribution in [-0.2, 0) is 13.1 Å². The van der Waals surface area contributed by atoms with Gasteiger partial charge in [-0.3, -0.25) is 9.58 Å². The van der Waals surface area contributed by atoms with Gasteiger partial charge < -0.3 is 5.73 Å². The molecule has 0 saturated carbocycles. The molecule has 3 rings (SSSR count). The van der Waals surface area contributed by atoms with Crippen LogP contribution in [0, 0.1) is 5.41 Å². The van der Waals surface area contributed by atoms with E-state index in [0.29, 0.717) is 5.41 Å². The third kappa shape index (κ3) is 3.52. The van der Waals surface area contributed by atoms with E-state index in [4.69, 9.17) is 5.73 Å². The van der Waals surface area contributed by atoms with Crippen LogP contribution in [0.4, 0.5) is 0 Å². The van der Waals surface area contributed by atoms with E-state index in [2.05, 4.69) is 47.4 Å². The molecule has 21 heavy (non-hydrogen) atoms. The highest BCUT2D eigenvalue weighted by Gasteiger charge is 2.32. The highest BCUT2D eigenvalue weighted by atomic mass is 15.3. The summed E-state index contributed by atoms with van der Waals surface area (Å²) in [5.74, 6) is 0. The van der Waals surface area contributed by atoms with E-state index in [-0.39, 0.29) is 0 Å². The zero-order valence-electron chi connectivity index (χ0n) is 12.7. The maximum absolute atomic E-state index is 5.87. The zero-order valence-corrected chi connectivity index (χ0v) is 12.7. The number of hydrogen-bond acceptors (Lipinski definition) is 3. The Morgan fingerprint density at radius 3 is 2.71 bits per heavy atom. The molecule has 0 spiro atoms. The van der Waals surface area contributed by atoms with Crippen molar-refractivity contribution in [2.24, 2.45) is 11.1 Å². The van der Waals surface area contributed by atoms with Crippen LogP contribution in [0.1, 0.15) is 24.5 Å². The average molecular weight is 284 g/mol. The van der Waals surface area contributed by atoms with Gasteiger partial charge in [0.25, 0.3) is 0 Å². The molecule has 1 aliphatic rings. The molecule has 0 amide bonds. The predicted octanol–water partition coefficient (Wildman–Crippen LogP) is 2.10. The normalized spacial score (nSPS) is 22.8. The fourth-order valence-corrected chi connectivity index (χ4v) is 3.03. The molecule has 0 bridgehead atoms. The molecule has 1 aliphatic heterocycles. The molecule has 4 nitrogen and oxygen atoms in total. The van der Waals surface area contributed by atoms with Crippen molar-refractivity contribution in [1.82, 2.24) is 14.7 Å². The third-order valence-electron chi connectivity index (χ3n) is 4.41. The molecule has 0 aliphatic carbocycles. The second-order valence-electron chi connectivity index (χ2n) is 6.51. The Balaban J connectivity index is 1.59. The molecule has 1 atom stereocenters. The average Bonchev–Trinajstić information content (AvgIpc) is 3.08. The third-order valence-corrected chi connectivity index (χ3v) is 4.41. The number of aromatic nitrogens is 2. The number of rotatable bonds is 5. The summed E-state index contributed by atoms with van der Waals surface area (Å²) in [6.45, 7) is 7.10. The van der Waals surface area contributed by atoms with Crippen molar-refractivity contribution in [1.29, 1.82) is 0 Å². The molecule has 2 aromatic rings. The topological polar surface area (TPSA) is 47.1 Å². The first-order valence-corrected chi connectivity index (χ1v) is 7.65. The minimum atomic E-state index is 0.292. The Bertz CT molecular complexity index is 577. The number of nitrogens with zero attached hydrogens (tertiary/aromatic N) is 3. The van der Waals surface area contributed by atoms with Crippen molar-refractivity contribution < 1.29 is 0 Å². The molecule has 1 saturated heterocycles.